The number of rotatable bonds is 9. The second-order valence-electron chi connectivity index (χ2n) is 6.76. The van der Waals surface area contributed by atoms with Crippen LogP contribution < -0.4 is 5.32 Å². The molecule has 0 aliphatic rings. The first-order chi connectivity index (χ1) is 14.7. The van der Waals surface area contributed by atoms with Gasteiger partial charge in [-0.3, -0.25) is 9.48 Å². The Morgan fingerprint density at radius 2 is 1.90 bits per heavy atom. The lowest BCUT2D eigenvalue weighted by molar-refractivity contribution is -0.168. The molecular formula is C21H18ClF4N3O2. The molecule has 164 valence electrons. The van der Waals surface area contributed by atoms with Gasteiger partial charge < -0.3 is 10.1 Å². The van der Waals surface area contributed by atoms with Gasteiger partial charge in [-0.2, -0.15) is 13.9 Å². The van der Waals surface area contributed by atoms with Crippen LogP contribution in [0.2, 0.25) is 5.02 Å². The fourth-order valence-corrected chi connectivity index (χ4v) is 2.79. The van der Waals surface area contributed by atoms with E-state index >= 15 is 0 Å². The summed E-state index contributed by atoms with van der Waals surface area (Å²) < 4.78 is 56.5. The van der Waals surface area contributed by atoms with Gasteiger partial charge in [-0.05, 0) is 35.4 Å². The Hall–Kier alpha value is -2.91. The third kappa shape index (κ3) is 6.53. The highest BCUT2D eigenvalue weighted by Crippen LogP contribution is 2.23. The molecule has 0 aliphatic heterocycles. The first-order valence-corrected chi connectivity index (χ1v) is 9.51. The van der Waals surface area contributed by atoms with Crippen LogP contribution in [0.3, 0.4) is 0 Å². The third-order valence-electron chi connectivity index (χ3n) is 4.22. The fraction of sp³-hybridized carbons (Fsp3) is 0.238. The number of alkyl halides is 4. The van der Waals surface area contributed by atoms with Crippen molar-refractivity contribution in [1.29, 1.82) is 0 Å². The molecule has 3 aromatic rings. The molecule has 0 spiro atoms. The average molecular weight is 456 g/mol. The highest BCUT2D eigenvalue weighted by Gasteiger charge is 2.40. The quantitative estimate of drug-likeness (QED) is 0.448. The maximum absolute atomic E-state index is 12.9. The molecule has 10 heteroatoms. The van der Waals surface area contributed by atoms with Gasteiger partial charge in [0.25, 0.3) is 5.91 Å². The van der Waals surface area contributed by atoms with Gasteiger partial charge in [0.05, 0.1) is 25.0 Å². The molecule has 0 saturated carbocycles. The molecule has 0 atom stereocenters. The number of anilines is 1. The van der Waals surface area contributed by atoms with E-state index in [4.69, 9.17) is 11.6 Å². The molecule has 5 nitrogen and oxygen atoms in total. The van der Waals surface area contributed by atoms with Crippen LogP contribution in [0.25, 0.3) is 0 Å². The maximum Gasteiger partial charge on any atom is 0.330 e. The molecule has 1 heterocycles. The summed E-state index contributed by atoms with van der Waals surface area (Å²) in [4.78, 5) is 12.5. The topological polar surface area (TPSA) is 56.2 Å². The van der Waals surface area contributed by atoms with E-state index in [-0.39, 0.29) is 12.2 Å². The van der Waals surface area contributed by atoms with Crippen molar-refractivity contribution in [3.05, 3.63) is 82.6 Å². The van der Waals surface area contributed by atoms with Gasteiger partial charge in [-0.25, -0.2) is 8.78 Å². The molecule has 0 fully saturated rings. The SMILES string of the molecule is O=C(Nc1cnn(Cc2ccc(Cl)cc2)c1)c1cccc(COCC(F)(F)C(F)F)c1. The molecule has 1 amide bonds. The van der Waals surface area contributed by atoms with E-state index in [0.717, 1.165) is 5.56 Å². The number of aromatic nitrogens is 2. The molecule has 0 unspecified atom stereocenters. The molecule has 1 aromatic heterocycles. The second kappa shape index (κ2) is 9.93. The van der Waals surface area contributed by atoms with Gasteiger partial charge in [0.2, 0.25) is 0 Å². The number of halogens is 5. The zero-order valence-corrected chi connectivity index (χ0v) is 16.8. The average Bonchev–Trinajstić information content (AvgIpc) is 3.16. The highest BCUT2D eigenvalue weighted by molar-refractivity contribution is 6.30. The van der Waals surface area contributed by atoms with Crippen LogP contribution in [0.1, 0.15) is 21.5 Å². The Kier molecular flexibility index (Phi) is 7.29. The van der Waals surface area contributed by atoms with Crippen LogP contribution in [-0.4, -0.2) is 34.6 Å². The van der Waals surface area contributed by atoms with Crippen LogP contribution in [0.15, 0.2) is 60.9 Å². The number of carbonyl (C=O) groups is 1. The molecule has 0 bridgehead atoms. The predicted molar refractivity (Wildman–Crippen MR) is 108 cm³/mol. The van der Waals surface area contributed by atoms with E-state index in [0.29, 0.717) is 22.8 Å². The van der Waals surface area contributed by atoms with E-state index in [1.165, 1.54) is 18.3 Å². The van der Waals surface area contributed by atoms with Crippen molar-refractivity contribution in [2.24, 2.45) is 0 Å². The summed E-state index contributed by atoms with van der Waals surface area (Å²) >= 11 is 5.86. The number of benzene rings is 2. The number of hydrogen-bond acceptors (Lipinski definition) is 3. The minimum Gasteiger partial charge on any atom is -0.370 e. The lowest BCUT2D eigenvalue weighted by Crippen LogP contribution is -2.32. The van der Waals surface area contributed by atoms with E-state index in [2.05, 4.69) is 15.2 Å². The zero-order chi connectivity index (χ0) is 22.4. The molecule has 1 N–H and O–H groups in total. The van der Waals surface area contributed by atoms with Crippen molar-refractivity contribution in [3.8, 4) is 0 Å². The Morgan fingerprint density at radius 1 is 1.16 bits per heavy atom. The van der Waals surface area contributed by atoms with Crippen molar-refractivity contribution < 1.29 is 27.1 Å². The van der Waals surface area contributed by atoms with Crippen molar-refractivity contribution >= 4 is 23.2 Å². The first-order valence-electron chi connectivity index (χ1n) is 9.14. The standard InChI is InChI=1S/C21H18ClF4N3O2/c22-17-6-4-14(5-7-17)10-29-11-18(9-27-29)28-19(30)16-3-1-2-15(8-16)12-31-13-21(25,26)20(23)24/h1-9,11,20H,10,12-13H2,(H,28,30). The predicted octanol–water partition coefficient (Wildman–Crippen LogP) is 5.25. The van der Waals surface area contributed by atoms with Crippen LogP contribution in [0.5, 0.6) is 0 Å². The summed E-state index contributed by atoms with van der Waals surface area (Å²) in [6.07, 6.45) is -0.649. The Morgan fingerprint density at radius 3 is 2.61 bits per heavy atom. The van der Waals surface area contributed by atoms with Gasteiger partial charge in [-0.1, -0.05) is 35.9 Å². The number of ether oxygens (including phenoxy) is 1. The van der Waals surface area contributed by atoms with Crippen LogP contribution in [-0.2, 0) is 17.9 Å². The van der Waals surface area contributed by atoms with Crippen molar-refractivity contribution in [3.63, 3.8) is 0 Å². The lowest BCUT2D eigenvalue weighted by atomic mass is 10.1. The zero-order valence-electron chi connectivity index (χ0n) is 16.1. The summed E-state index contributed by atoms with van der Waals surface area (Å²) in [5.74, 6) is -4.66. The van der Waals surface area contributed by atoms with E-state index < -0.39 is 24.9 Å². The number of nitrogens with one attached hydrogen (secondary N) is 1. The normalized spacial score (nSPS) is 11.7. The van der Waals surface area contributed by atoms with E-state index in [1.54, 1.807) is 35.1 Å². The third-order valence-corrected chi connectivity index (χ3v) is 4.47. The molecule has 2 aromatic carbocycles. The largest absolute Gasteiger partial charge is 0.370 e. The first kappa shape index (κ1) is 22.8. The van der Waals surface area contributed by atoms with Gasteiger partial charge in [-0.15, -0.1) is 0 Å². The minimum atomic E-state index is -4.22. The Balaban J connectivity index is 1.56. The molecule has 3 rings (SSSR count). The molecular weight excluding hydrogens is 438 g/mol. The van der Waals surface area contributed by atoms with E-state index in [9.17, 15) is 22.4 Å². The second-order valence-corrected chi connectivity index (χ2v) is 7.20. The van der Waals surface area contributed by atoms with Crippen molar-refractivity contribution in [1.82, 2.24) is 9.78 Å². The number of nitrogens with zero attached hydrogens (tertiary/aromatic N) is 2. The fourth-order valence-electron chi connectivity index (χ4n) is 2.67. The van der Waals surface area contributed by atoms with Crippen LogP contribution in [0.4, 0.5) is 23.2 Å². The summed E-state index contributed by atoms with van der Waals surface area (Å²) in [6.45, 7) is -1.25. The lowest BCUT2D eigenvalue weighted by Gasteiger charge is -2.15. The van der Waals surface area contributed by atoms with Gasteiger partial charge in [0.15, 0.2) is 0 Å². The highest BCUT2D eigenvalue weighted by atomic mass is 35.5. The summed E-state index contributed by atoms with van der Waals surface area (Å²) in [7, 11) is 0. The van der Waals surface area contributed by atoms with E-state index in [1.807, 2.05) is 12.1 Å². The summed E-state index contributed by atoms with van der Waals surface area (Å²) in [6, 6.07) is 13.3. The molecule has 0 saturated heterocycles. The van der Waals surface area contributed by atoms with Gasteiger partial charge >= 0.3 is 12.3 Å². The molecule has 0 aliphatic carbocycles. The van der Waals surface area contributed by atoms with Crippen molar-refractivity contribution in [2.75, 3.05) is 11.9 Å². The monoisotopic (exact) mass is 455 g/mol. The Bertz CT molecular complexity index is 1030. The van der Waals surface area contributed by atoms with Crippen LogP contribution in [0, 0.1) is 0 Å². The van der Waals surface area contributed by atoms with Crippen LogP contribution >= 0.6 is 11.6 Å². The minimum absolute atomic E-state index is 0.257. The summed E-state index contributed by atoms with van der Waals surface area (Å²) in [5, 5.41) is 7.52. The van der Waals surface area contributed by atoms with Crippen molar-refractivity contribution in [2.45, 2.75) is 25.5 Å². The number of carbonyl (C=O) groups excluding carboxylic acids is 1. The molecule has 0 radical (unpaired) electrons. The Labute approximate surface area is 180 Å². The smallest absolute Gasteiger partial charge is 0.330 e. The maximum atomic E-state index is 12.9. The number of amides is 1. The number of hydrogen-bond donors (Lipinski definition) is 1. The summed E-state index contributed by atoms with van der Waals surface area (Å²) in [5.41, 5.74) is 2.11. The van der Waals surface area contributed by atoms with Gasteiger partial charge in [0, 0.05) is 16.8 Å². The molecule has 31 heavy (non-hydrogen) atoms. The van der Waals surface area contributed by atoms with Gasteiger partial charge in [0.1, 0.15) is 6.61 Å².